The number of hydrogen-bond acceptors (Lipinski definition) is 2. The maximum atomic E-state index is 12.8. The van der Waals surface area contributed by atoms with Gasteiger partial charge in [-0.25, -0.2) is 0 Å². The van der Waals surface area contributed by atoms with Gasteiger partial charge in [-0.2, -0.15) is 0 Å². The highest BCUT2D eigenvalue weighted by atomic mass is 35.5. The highest BCUT2D eigenvalue weighted by Crippen LogP contribution is 2.25. The van der Waals surface area contributed by atoms with E-state index in [0.717, 1.165) is 17.5 Å². The highest BCUT2D eigenvalue weighted by Gasteiger charge is 2.30. The molecule has 0 saturated carbocycles. The number of amides is 2. The molecule has 2 amide bonds. The number of nitrogens with one attached hydrogen (secondary N) is 1. The van der Waals surface area contributed by atoms with Crippen molar-refractivity contribution in [2.45, 2.75) is 32.4 Å². The molecule has 0 aromatic heterocycles. The van der Waals surface area contributed by atoms with Gasteiger partial charge < -0.3 is 10.2 Å². The third kappa shape index (κ3) is 5.07. The zero-order chi connectivity index (χ0) is 18.2. The van der Waals surface area contributed by atoms with Crippen molar-refractivity contribution in [1.29, 1.82) is 0 Å². The van der Waals surface area contributed by atoms with Crippen LogP contribution < -0.4 is 5.32 Å². The van der Waals surface area contributed by atoms with E-state index in [1.165, 1.54) is 0 Å². The van der Waals surface area contributed by atoms with Crippen molar-refractivity contribution in [3.05, 3.63) is 70.7 Å². The summed E-state index contributed by atoms with van der Waals surface area (Å²) in [7, 11) is 1.59. The van der Waals surface area contributed by atoms with Crippen molar-refractivity contribution < 1.29 is 9.59 Å². The molecule has 1 N–H and O–H groups in total. The van der Waals surface area contributed by atoms with Crippen LogP contribution in [-0.2, 0) is 16.1 Å². The summed E-state index contributed by atoms with van der Waals surface area (Å²) in [5.74, 6) is -0.250. The van der Waals surface area contributed by atoms with Crippen molar-refractivity contribution in [3.63, 3.8) is 0 Å². The zero-order valence-electron chi connectivity index (χ0n) is 14.5. The zero-order valence-corrected chi connectivity index (χ0v) is 15.3. The monoisotopic (exact) mass is 358 g/mol. The molecule has 0 heterocycles. The molecule has 0 aliphatic rings. The van der Waals surface area contributed by atoms with E-state index in [2.05, 4.69) is 5.32 Å². The molecule has 0 aliphatic carbocycles. The van der Waals surface area contributed by atoms with Crippen LogP contribution >= 0.6 is 11.6 Å². The molecule has 0 fully saturated rings. The van der Waals surface area contributed by atoms with E-state index in [1.807, 2.05) is 49.4 Å². The second-order valence-electron chi connectivity index (χ2n) is 5.83. The largest absolute Gasteiger partial charge is 0.357 e. The summed E-state index contributed by atoms with van der Waals surface area (Å²) < 4.78 is 0. The van der Waals surface area contributed by atoms with Gasteiger partial charge in [0, 0.05) is 25.0 Å². The van der Waals surface area contributed by atoms with E-state index in [1.54, 1.807) is 24.1 Å². The minimum absolute atomic E-state index is 0.0464. The van der Waals surface area contributed by atoms with Crippen molar-refractivity contribution in [3.8, 4) is 0 Å². The van der Waals surface area contributed by atoms with Crippen LogP contribution in [0.15, 0.2) is 54.6 Å². The van der Waals surface area contributed by atoms with Crippen molar-refractivity contribution in [2.24, 2.45) is 0 Å². The van der Waals surface area contributed by atoms with Crippen LogP contribution in [0, 0.1) is 0 Å². The predicted molar refractivity (Wildman–Crippen MR) is 100 cm³/mol. The minimum Gasteiger partial charge on any atom is -0.357 e. The van der Waals surface area contributed by atoms with Crippen molar-refractivity contribution >= 4 is 23.4 Å². The highest BCUT2D eigenvalue weighted by molar-refractivity contribution is 6.30. The molecule has 0 spiro atoms. The van der Waals surface area contributed by atoms with E-state index >= 15 is 0 Å². The summed E-state index contributed by atoms with van der Waals surface area (Å²) >= 11 is 5.95. The Labute approximate surface area is 153 Å². The number of rotatable bonds is 7. The smallest absolute Gasteiger partial charge is 0.247 e. The Kier molecular flexibility index (Phi) is 7.02. The van der Waals surface area contributed by atoms with Gasteiger partial charge in [-0.1, -0.05) is 61.0 Å². The average Bonchev–Trinajstić information content (AvgIpc) is 2.63. The summed E-state index contributed by atoms with van der Waals surface area (Å²) in [6.45, 7) is 2.30. The molecule has 1 unspecified atom stereocenters. The molecule has 1 atom stereocenters. The van der Waals surface area contributed by atoms with E-state index in [0.29, 0.717) is 18.0 Å². The van der Waals surface area contributed by atoms with Gasteiger partial charge in [0.2, 0.25) is 11.8 Å². The third-order valence-electron chi connectivity index (χ3n) is 3.97. The number of likely N-dealkylation sites (N-methyl/N-ethyl adjacent to an activating group) is 1. The van der Waals surface area contributed by atoms with E-state index in [9.17, 15) is 9.59 Å². The van der Waals surface area contributed by atoms with Gasteiger partial charge in [-0.05, 0) is 29.7 Å². The lowest BCUT2D eigenvalue weighted by Gasteiger charge is -2.31. The second-order valence-corrected chi connectivity index (χ2v) is 6.26. The first-order valence-electron chi connectivity index (χ1n) is 8.37. The summed E-state index contributed by atoms with van der Waals surface area (Å²) in [6, 6.07) is 16.0. The van der Waals surface area contributed by atoms with Crippen LogP contribution in [0.5, 0.6) is 0 Å². The Balaban J connectivity index is 2.40. The van der Waals surface area contributed by atoms with Gasteiger partial charge in [0.15, 0.2) is 0 Å². The summed E-state index contributed by atoms with van der Waals surface area (Å²) in [5, 5.41) is 3.32. The lowest BCUT2D eigenvalue weighted by molar-refractivity contribution is -0.141. The predicted octanol–water partition coefficient (Wildman–Crippen LogP) is 3.96. The van der Waals surface area contributed by atoms with Crippen LogP contribution in [-0.4, -0.2) is 23.8 Å². The molecule has 5 heteroatoms. The fourth-order valence-electron chi connectivity index (χ4n) is 2.71. The standard InChI is InChI=1S/C20H23ClN2O2/c1-3-7-18(24)23(14-15-10-12-17(21)13-11-15)19(20(25)22-2)16-8-5-4-6-9-16/h4-6,8-13,19H,3,7,14H2,1-2H3,(H,22,25). The Morgan fingerprint density at radius 1 is 1.08 bits per heavy atom. The maximum absolute atomic E-state index is 12.8. The van der Waals surface area contributed by atoms with Crippen LogP contribution in [0.25, 0.3) is 0 Å². The van der Waals surface area contributed by atoms with Gasteiger partial charge in [0.05, 0.1) is 0 Å². The third-order valence-corrected chi connectivity index (χ3v) is 4.22. The van der Waals surface area contributed by atoms with Gasteiger partial charge in [0.1, 0.15) is 6.04 Å². The normalized spacial score (nSPS) is 11.6. The van der Waals surface area contributed by atoms with Gasteiger partial charge >= 0.3 is 0 Å². The molecule has 2 rings (SSSR count). The first kappa shape index (κ1) is 19.0. The lowest BCUT2D eigenvalue weighted by atomic mass is 10.0. The minimum atomic E-state index is -0.666. The molecule has 2 aromatic rings. The number of carbonyl (C=O) groups is 2. The van der Waals surface area contributed by atoms with Crippen LogP contribution in [0.3, 0.4) is 0 Å². The molecule has 0 saturated heterocycles. The molecular formula is C20H23ClN2O2. The Morgan fingerprint density at radius 3 is 2.28 bits per heavy atom. The number of nitrogens with zero attached hydrogens (tertiary/aromatic N) is 1. The Hall–Kier alpha value is -2.33. The lowest BCUT2D eigenvalue weighted by Crippen LogP contribution is -2.42. The first-order chi connectivity index (χ1) is 12.1. The average molecular weight is 359 g/mol. The van der Waals surface area contributed by atoms with Crippen molar-refractivity contribution in [1.82, 2.24) is 10.2 Å². The topological polar surface area (TPSA) is 49.4 Å². The first-order valence-corrected chi connectivity index (χ1v) is 8.75. The van der Waals surface area contributed by atoms with E-state index in [4.69, 9.17) is 11.6 Å². The quantitative estimate of drug-likeness (QED) is 0.814. The van der Waals surface area contributed by atoms with Crippen molar-refractivity contribution in [2.75, 3.05) is 7.05 Å². The molecule has 4 nitrogen and oxygen atoms in total. The van der Waals surface area contributed by atoms with Crippen LogP contribution in [0.1, 0.15) is 36.9 Å². The maximum Gasteiger partial charge on any atom is 0.247 e. The Morgan fingerprint density at radius 2 is 1.72 bits per heavy atom. The summed E-state index contributed by atoms with van der Waals surface area (Å²) in [4.78, 5) is 27.0. The Bertz CT molecular complexity index is 701. The van der Waals surface area contributed by atoms with E-state index in [-0.39, 0.29) is 11.8 Å². The number of carbonyl (C=O) groups excluding carboxylic acids is 2. The number of halogens is 1. The number of benzene rings is 2. The summed E-state index contributed by atoms with van der Waals surface area (Å²) in [6.07, 6.45) is 1.12. The molecule has 0 radical (unpaired) electrons. The van der Waals surface area contributed by atoms with Crippen LogP contribution in [0.2, 0.25) is 5.02 Å². The fourth-order valence-corrected chi connectivity index (χ4v) is 2.84. The van der Waals surface area contributed by atoms with Gasteiger partial charge in [-0.3, -0.25) is 9.59 Å². The molecule has 0 aliphatic heterocycles. The molecule has 0 bridgehead atoms. The molecule has 2 aromatic carbocycles. The number of hydrogen-bond donors (Lipinski definition) is 1. The molecular weight excluding hydrogens is 336 g/mol. The SMILES string of the molecule is CCCC(=O)N(Cc1ccc(Cl)cc1)C(C(=O)NC)c1ccccc1. The summed E-state index contributed by atoms with van der Waals surface area (Å²) in [5.41, 5.74) is 1.72. The molecule has 132 valence electrons. The van der Waals surface area contributed by atoms with Gasteiger partial charge in [-0.15, -0.1) is 0 Å². The fraction of sp³-hybridized carbons (Fsp3) is 0.300. The van der Waals surface area contributed by atoms with Crippen LogP contribution in [0.4, 0.5) is 0 Å². The second kappa shape index (κ2) is 9.23. The van der Waals surface area contributed by atoms with E-state index < -0.39 is 6.04 Å². The van der Waals surface area contributed by atoms with Gasteiger partial charge in [0.25, 0.3) is 0 Å². The molecule has 25 heavy (non-hydrogen) atoms.